The summed E-state index contributed by atoms with van der Waals surface area (Å²) in [6.07, 6.45) is -4.47. The molecule has 1 aromatic rings. The van der Waals surface area contributed by atoms with Crippen molar-refractivity contribution in [2.45, 2.75) is 18.8 Å². The first-order valence-corrected chi connectivity index (χ1v) is 4.84. The monoisotopic (exact) mass is 251 g/mol. The standard InChI is InChI=1S/C10H9F4NO2/c11-6-4-8-5(7(15)1-2-16-8)3-9(6)17-10(12,13)14/h3-4,7H,1-2,15H2/t7-/m1/s1. The fourth-order valence-electron chi connectivity index (χ4n) is 1.62. The maximum atomic E-state index is 13.3. The lowest BCUT2D eigenvalue weighted by Crippen LogP contribution is -2.22. The first kappa shape index (κ1) is 12.0. The second kappa shape index (κ2) is 4.06. The summed E-state index contributed by atoms with van der Waals surface area (Å²) in [5.74, 6) is -1.86. The minimum Gasteiger partial charge on any atom is -0.493 e. The third-order valence-electron chi connectivity index (χ3n) is 2.38. The van der Waals surface area contributed by atoms with Crippen molar-refractivity contribution in [3.05, 3.63) is 23.5 Å². The summed E-state index contributed by atoms with van der Waals surface area (Å²) in [5, 5.41) is 0. The molecule has 1 aromatic carbocycles. The van der Waals surface area contributed by atoms with Crippen LogP contribution in [0.2, 0.25) is 0 Å². The average molecular weight is 251 g/mol. The maximum Gasteiger partial charge on any atom is 0.573 e. The minimum atomic E-state index is -4.94. The predicted octanol–water partition coefficient (Wildman–Crippen LogP) is 2.51. The maximum absolute atomic E-state index is 13.3. The fourth-order valence-corrected chi connectivity index (χ4v) is 1.62. The molecule has 1 aliphatic rings. The van der Waals surface area contributed by atoms with E-state index in [1.165, 1.54) is 0 Å². The first-order chi connectivity index (χ1) is 7.87. The van der Waals surface area contributed by atoms with Crippen molar-refractivity contribution in [1.82, 2.24) is 0 Å². The number of alkyl halides is 3. The molecule has 0 aromatic heterocycles. The van der Waals surface area contributed by atoms with Crippen molar-refractivity contribution in [3.63, 3.8) is 0 Å². The molecular formula is C10H9F4NO2. The summed E-state index contributed by atoms with van der Waals surface area (Å²) >= 11 is 0. The van der Waals surface area contributed by atoms with Gasteiger partial charge in [0.15, 0.2) is 11.6 Å². The number of nitrogens with two attached hydrogens (primary N) is 1. The summed E-state index contributed by atoms with van der Waals surface area (Å²) in [5.41, 5.74) is 6.01. The van der Waals surface area contributed by atoms with Crippen LogP contribution < -0.4 is 15.2 Å². The zero-order valence-corrected chi connectivity index (χ0v) is 8.55. The van der Waals surface area contributed by atoms with Crippen LogP contribution in [0.1, 0.15) is 18.0 Å². The van der Waals surface area contributed by atoms with E-state index in [1.54, 1.807) is 0 Å². The molecule has 0 bridgehead atoms. The molecule has 0 radical (unpaired) electrons. The lowest BCUT2D eigenvalue weighted by Gasteiger charge is -2.23. The fraction of sp³-hybridized carbons (Fsp3) is 0.400. The largest absolute Gasteiger partial charge is 0.573 e. The lowest BCUT2D eigenvalue weighted by molar-refractivity contribution is -0.275. The van der Waals surface area contributed by atoms with Crippen molar-refractivity contribution in [1.29, 1.82) is 0 Å². The van der Waals surface area contributed by atoms with Gasteiger partial charge in [0.2, 0.25) is 0 Å². The molecule has 7 heteroatoms. The molecule has 2 rings (SSSR count). The Morgan fingerprint density at radius 2 is 2.06 bits per heavy atom. The van der Waals surface area contributed by atoms with E-state index in [2.05, 4.69) is 4.74 Å². The van der Waals surface area contributed by atoms with Crippen molar-refractivity contribution >= 4 is 0 Å². The van der Waals surface area contributed by atoms with E-state index in [4.69, 9.17) is 10.5 Å². The SMILES string of the molecule is N[C@@H]1CCOc2cc(F)c(OC(F)(F)F)cc21. The Kier molecular flexibility index (Phi) is 2.86. The van der Waals surface area contributed by atoms with Gasteiger partial charge < -0.3 is 15.2 Å². The third kappa shape index (κ3) is 2.60. The number of fused-ring (bicyclic) bond motifs is 1. The van der Waals surface area contributed by atoms with Crippen LogP contribution in [-0.4, -0.2) is 13.0 Å². The molecule has 1 aliphatic heterocycles. The van der Waals surface area contributed by atoms with Crippen LogP contribution in [-0.2, 0) is 0 Å². The zero-order valence-electron chi connectivity index (χ0n) is 8.55. The van der Waals surface area contributed by atoms with Crippen LogP contribution in [0.5, 0.6) is 11.5 Å². The van der Waals surface area contributed by atoms with E-state index >= 15 is 0 Å². The summed E-state index contributed by atoms with van der Waals surface area (Å²) in [6, 6.07) is 1.31. The van der Waals surface area contributed by atoms with Crippen molar-refractivity contribution < 1.29 is 27.0 Å². The molecule has 0 fully saturated rings. The van der Waals surface area contributed by atoms with Gasteiger partial charge in [-0.05, 0) is 6.07 Å². The number of hydrogen-bond donors (Lipinski definition) is 1. The van der Waals surface area contributed by atoms with Gasteiger partial charge in [-0.2, -0.15) is 0 Å². The summed E-state index contributed by atoms with van der Waals surface area (Å²) < 4.78 is 58.0. The Balaban J connectivity index is 2.38. The molecule has 94 valence electrons. The first-order valence-electron chi connectivity index (χ1n) is 4.84. The quantitative estimate of drug-likeness (QED) is 0.780. The van der Waals surface area contributed by atoms with Crippen molar-refractivity contribution in [2.75, 3.05) is 6.61 Å². The summed E-state index contributed by atoms with van der Waals surface area (Å²) in [6.45, 7) is 0.313. The van der Waals surface area contributed by atoms with Gasteiger partial charge in [-0.25, -0.2) is 4.39 Å². The molecule has 0 aliphatic carbocycles. The molecular weight excluding hydrogens is 242 g/mol. The van der Waals surface area contributed by atoms with Gasteiger partial charge in [-0.1, -0.05) is 0 Å². The molecule has 17 heavy (non-hydrogen) atoms. The van der Waals surface area contributed by atoms with E-state index < -0.39 is 24.0 Å². The topological polar surface area (TPSA) is 44.5 Å². The van der Waals surface area contributed by atoms with E-state index in [1.807, 2.05) is 0 Å². The van der Waals surface area contributed by atoms with Gasteiger partial charge in [0.05, 0.1) is 6.61 Å². The molecule has 3 nitrogen and oxygen atoms in total. The van der Waals surface area contributed by atoms with Gasteiger partial charge in [-0.15, -0.1) is 13.2 Å². The van der Waals surface area contributed by atoms with Crippen LogP contribution in [0.25, 0.3) is 0 Å². The van der Waals surface area contributed by atoms with Crippen LogP contribution >= 0.6 is 0 Å². The van der Waals surface area contributed by atoms with E-state index in [0.717, 1.165) is 12.1 Å². The molecule has 0 saturated heterocycles. The van der Waals surface area contributed by atoms with Crippen molar-refractivity contribution in [2.24, 2.45) is 5.73 Å². The molecule has 0 spiro atoms. The predicted molar refractivity (Wildman–Crippen MR) is 50.1 cm³/mol. The van der Waals surface area contributed by atoms with Crippen LogP contribution in [0, 0.1) is 5.82 Å². The molecule has 0 saturated carbocycles. The van der Waals surface area contributed by atoms with Crippen LogP contribution in [0.3, 0.4) is 0 Å². The van der Waals surface area contributed by atoms with Gasteiger partial charge in [0.25, 0.3) is 0 Å². The highest BCUT2D eigenvalue weighted by Gasteiger charge is 2.33. The number of halogens is 4. The molecule has 0 unspecified atom stereocenters. The van der Waals surface area contributed by atoms with Gasteiger partial charge in [-0.3, -0.25) is 0 Å². The van der Waals surface area contributed by atoms with Gasteiger partial charge in [0.1, 0.15) is 5.75 Å². The molecule has 1 atom stereocenters. The van der Waals surface area contributed by atoms with Crippen molar-refractivity contribution in [3.8, 4) is 11.5 Å². The summed E-state index contributed by atoms with van der Waals surface area (Å²) in [4.78, 5) is 0. The Morgan fingerprint density at radius 3 is 2.71 bits per heavy atom. The summed E-state index contributed by atoms with van der Waals surface area (Å²) in [7, 11) is 0. The van der Waals surface area contributed by atoms with Gasteiger partial charge in [0, 0.05) is 24.1 Å². The van der Waals surface area contributed by atoms with E-state index in [-0.39, 0.29) is 5.75 Å². The lowest BCUT2D eigenvalue weighted by atomic mass is 10.0. The Bertz CT molecular complexity index is 433. The molecule has 2 N–H and O–H groups in total. The van der Waals surface area contributed by atoms with Crippen LogP contribution in [0.15, 0.2) is 12.1 Å². The highest BCUT2D eigenvalue weighted by atomic mass is 19.4. The van der Waals surface area contributed by atoms with E-state index in [9.17, 15) is 17.6 Å². The Morgan fingerprint density at radius 1 is 1.35 bits per heavy atom. The number of hydrogen-bond acceptors (Lipinski definition) is 3. The van der Waals surface area contributed by atoms with Gasteiger partial charge >= 0.3 is 6.36 Å². The smallest absolute Gasteiger partial charge is 0.493 e. The van der Waals surface area contributed by atoms with E-state index in [0.29, 0.717) is 18.6 Å². The number of ether oxygens (including phenoxy) is 2. The van der Waals surface area contributed by atoms with Crippen LogP contribution in [0.4, 0.5) is 17.6 Å². The second-order valence-electron chi connectivity index (χ2n) is 3.61. The second-order valence-corrected chi connectivity index (χ2v) is 3.61. The average Bonchev–Trinajstić information content (AvgIpc) is 2.18. The molecule has 1 heterocycles. The third-order valence-corrected chi connectivity index (χ3v) is 2.38. The zero-order chi connectivity index (χ0) is 12.6. The molecule has 0 amide bonds. The highest BCUT2D eigenvalue weighted by Crippen LogP contribution is 2.37. The number of rotatable bonds is 1. The normalized spacial score (nSPS) is 19.5. The highest BCUT2D eigenvalue weighted by molar-refractivity contribution is 5.44. The minimum absolute atomic E-state index is 0.163. The number of benzene rings is 1. The Labute approximate surface area is 94.1 Å². The Hall–Kier alpha value is -1.50.